The molecule has 0 unspecified atom stereocenters. The highest BCUT2D eigenvalue weighted by Gasteiger charge is 2.33. The highest BCUT2D eigenvalue weighted by molar-refractivity contribution is 5.73. The van der Waals surface area contributed by atoms with E-state index in [9.17, 15) is 9.90 Å². The third kappa shape index (κ3) is 3.76. The normalized spacial score (nSPS) is 27.1. The van der Waals surface area contributed by atoms with Crippen LogP contribution in [0.3, 0.4) is 0 Å². The number of piperidine rings is 1. The zero-order valence-corrected chi connectivity index (χ0v) is 10.5. The number of aliphatic hydroxyl groups is 1. The van der Waals surface area contributed by atoms with E-state index in [2.05, 4.69) is 18.7 Å². The van der Waals surface area contributed by atoms with Gasteiger partial charge in [0.2, 0.25) is 0 Å². The van der Waals surface area contributed by atoms with Crippen molar-refractivity contribution in [2.24, 2.45) is 11.8 Å². The van der Waals surface area contributed by atoms with E-state index in [-0.39, 0.29) is 11.9 Å². The zero-order valence-electron chi connectivity index (χ0n) is 10.5. The van der Waals surface area contributed by atoms with E-state index in [1.54, 1.807) is 0 Å². The number of rotatable bonds is 4. The Morgan fingerprint density at radius 1 is 1.56 bits per heavy atom. The number of ether oxygens (including phenoxy) is 1. The molecule has 1 rings (SSSR count). The molecule has 4 heteroatoms. The SMILES string of the molecule is COC(=O)[C@@H]1CN(CCC(C)C)CC[C@H]1O. The molecular weight excluding hydrogens is 206 g/mol. The molecule has 16 heavy (non-hydrogen) atoms. The van der Waals surface area contributed by atoms with Crippen LogP contribution in [0.25, 0.3) is 0 Å². The quantitative estimate of drug-likeness (QED) is 0.727. The van der Waals surface area contributed by atoms with Gasteiger partial charge in [0.25, 0.3) is 0 Å². The minimum atomic E-state index is -0.539. The van der Waals surface area contributed by atoms with Gasteiger partial charge in [-0.3, -0.25) is 4.79 Å². The second-order valence-electron chi connectivity index (χ2n) is 4.97. The summed E-state index contributed by atoms with van der Waals surface area (Å²) in [7, 11) is 1.38. The van der Waals surface area contributed by atoms with Crippen LogP contribution in [0.4, 0.5) is 0 Å². The highest BCUT2D eigenvalue weighted by Crippen LogP contribution is 2.19. The highest BCUT2D eigenvalue weighted by atomic mass is 16.5. The molecular formula is C12H23NO3. The minimum Gasteiger partial charge on any atom is -0.469 e. The van der Waals surface area contributed by atoms with E-state index in [1.165, 1.54) is 7.11 Å². The molecule has 1 aliphatic rings. The Kier molecular flexibility index (Phi) is 5.22. The molecule has 0 aromatic heterocycles. The molecule has 2 atom stereocenters. The molecule has 1 N–H and O–H groups in total. The molecule has 1 saturated heterocycles. The smallest absolute Gasteiger partial charge is 0.312 e. The maximum Gasteiger partial charge on any atom is 0.312 e. The van der Waals surface area contributed by atoms with E-state index in [4.69, 9.17) is 4.74 Å². The molecule has 1 aliphatic heterocycles. The summed E-state index contributed by atoms with van der Waals surface area (Å²) in [6, 6.07) is 0. The number of esters is 1. The molecule has 0 radical (unpaired) electrons. The van der Waals surface area contributed by atoms with Gasteiger partial charge in [-0.25, -0.2) is 0 Å². The van der Waals surface area contributed by atoms with Crippen LogP contribution in [-0.2, 0) is 9.53 Å². The van der Waals surface area contributed by atoms with Crippen molar-refractivity contribution in [1.82, 2.24) is 4.90 Å². The fraction of sp³-hybridized carbons (Fsp3) is 0.917. The van der Waals surface area contributed by atoms with Crippen molar-refractivity contribution in [3.8, 4) is 0 Å². The average molecular weight is 229 g/mol. The molecule has 0 saturated carbocycles. The Balaban J connectivity index is 2.44. The Morgan fingerprint density at radius 2 is 2.25 bits per heavy atom. The van der Waals surface area contributed by atoms with E-state index < -0.39 is 6.10 Å². The van der Waals surface area contributed by atoms with Crippen molar-refractivity contribution in [3.63, 3.8) is 0 Å². The minimum absolute atomic E-state index is 0.290. The number of hydrogen-bond donors (Lipinski definition) is 1. The Morgan fingerprint density at radius 3 is 2.81 bits per heavy atom. The van der Waals surface area contributed by atoms with Gasteiger partial charge in [0, 0.05) is 13.1 Å². The molecule has 0 bridgehead atoms. The van der Waals surface area contributed by atoms with Crippen molar-refractivity contribution in [3.05, 3.63) is 0 Å². The molecule has 1 fully saturated rings. The predicted molar refractivity (Wildman–Crippen MR) is 62.0 cm³/mol. The summed E-state index contributed by atoms with van der Waals surface area (Å²) < 4.78 is 4.71. The number of hydrogen-bond acceptors (Lipinski definition) is 4. The lowest BCUT2D eigenvalue weighted by Crippen LogP contribution is -2.47. The van der Waals surface area contributed by atoms with Crippen LogP contribution < -0.4 is 0 Å². The van der Waals surface area contributed by atoms with Crippen LogP contribution in [0.5, 0.6) is 0 Å². The lowest BCUT2D eigenvalue weighted by atomic mass is 9.94. The molecule has 0 amide bonds. The first-order chi connectivity index (χ1) is 7.54. The van der Waals surface area contributed by atoms with Crippen molar-refractivity contribution in [2.75, 3.05) is 26.7 Å². The van der Waals surface area contributed by atoms with E-state index in [0.29, 0.717) is 18.9 Å². The summed E-state index contributed by atoms with van der Waals surface area (Å²) in [5.74, 6) is 0.0103. The van der Waals surface area contributed by atoms with Crippen LogP contribution in [-0.4, -0.2) is 48.8 Å². The van der Waals surface area contributed by atoms with Gasteiger partial charge in [0.15, 0.2) is 0 Å². The molecule has 0 spiro atoms. The third-order valence-corrected chi connectivity index (χ3v) is 3.19. The number of likely N-dealkylation sites (tertiary alicyclic amines) is 1. The summed E-state index contributed by atoms with van der Waals surface area (Å²) in [5.41, 5.74) is 0. The van der Waals surface area contributed by atoms with Gasteiger partial charge < -0.3 is 14.7 Å². The van der Waals surface area contributed by atoms with E-state index in [1.807, 2.05) is 0 Å². The van der Waals surface area contributed by atoms with Crippen LogP contribution >= 0.6 is 0 Å². The molecule has 94 valence electrons. The number of nitrogens with zero attached hydrogens (tertiary/aromatic N) is 1. The third-order valence-electron chi connectivity index (χ3n) is 3.19. The van der Waals surface area contributed by atoms with Gasteiger partial charge in [-0.15, -0.1) is 0 Å². The van der Waals surface area contributed by atoms with Crippen LogP contribution in [0.1, 0.15) is 26.7 Å². The maximum absolute atomic E-state index is 11.5. The number of carbonyl (C=O) groups is 1. The lowest BCUT2D eigenvalue weighted by Gasteiger charge is -2.34. The molecule has 0 aliphatic carbocycles. The van der Waals surface area contributed by atoms with Crippen LogP contribution in [0.2, 0.25) is 0 Å². The molecule has 0 aromatic carbocycles. The van der Waals surface area contributed by atoms with E-state index >= 15 is 0 Å². The van der Waals surface area contributed by atoms with E-state index in [0.717, 1.165) is 19.5 Å². The summed E-state index contributed by atoms with van der Waals surface area (Å²) in [5, 5.41) is 9.74. The maximum atomic E-state index is 11.5. The average Bonchev–Trinajstić information content (AvgIpc) is 2.27. The summed E-state index contributed by atoms with van der Waals surface area (Å²) >= 11 is 0. The molecule has 0 aromatic rings. The number of methoxy groups -OCH3 is 1. The number of aliphatic hydroxyl groups excluding tert-OH is 1. The second kappa shape index (κ2) is 6.21. The standard InChI is InChI=1S/C12H23NO3/c1-9(2)4-6-13-7-5-11(14)10(8-13)12(15)16-3/h9-11,14H,4-8H2,1-3H3/t10-,11-/m1/s1. The summed E-state index contributed by atoms with van der Waals surface area (Å²) in [6.45, 7) is 6.88. The Hall–Kier alpha value is -0.610. The van der Waals surface area contributed by atoms with Crippen molar-refractivity contribution < 1.29 is 14.6 Å². The first-order valence-corrected chi connectivity index (χ1v) is 6.02. The van der Waals surface area contributed by atoms with Crippen molar-refractivity contribution in [1.29, 1.82) is 0 Å². The first-order valence-electron chi connectivity index (χ1n) is 6.02. The van der Waals surface area contributed by atoms with Crippen molar-refractivity contribution in [2.45, 2.75) is 32.8 Å². The monoisotopic (exact) mass is 229 g/mol. The first kappa shape index (κ1) is 13.5. The van der Waals surface area contributed by atoms with Gasteiger partial charge >= 0.3 is 5.97 Å². The largest absolute Gasteiger partial charge is 0.469 e. The topological polar surface area (TPSA) is 49.8 Å². The molecule has 4 nitrogen and oxygen atoms in total. The lowest BCUT2D eigenvalue weighted by molar-refractivity contribution is -0.152. The van der Waals surface area contributed by atoms with Crippen LogP contribution in [0, 0.1) is 11.8 Å². The Bertz CT molecular complexity index is 230. The van der Waals surface area contributed by atoms with Crippen LogP contribution in [0.15, 0.2) is 0 Å². The summed E-state index contributed by atoms with van der Waals surface area (Å²) in [4.78, 5) is 13.7. The Labute approximate surface area is 97.6 Å². The van der Waals surface area contributed by atoms with Gasteiger partial charge in [-0.05, 0) is 25.3 Å². The van der Waals surface area contributed by atoms with Crippen molar-refractivity contribution >= 4 is 5.97 Å². The fourth-order valence-corrected chi connectivity index (χ4v) is 2.03. The van der Waals surface area contributed by atoms with Gasteiger partial charge in [0.05, 0.1) is 19.1 Å². The second-order valence-corrected chi connectivity index (χ2v) is 4.97. The molecule has 1 heterocycles. The zero-order chi connectivity index (χ0) is 12.1. The summed E-state index contributed by atoms with van der Waals surface area (Å²) in [6.07, 6.45) is 1.25. The van der Waals surface area contributed by atoms with Gasteiger partial charge in [-0.2, -0.15) is 0 Å². The fourth-order valence-electron chi connectivity index (χ4n) is 2.03. The van der Waals surface area contributed by atoms with Gasteiger partial charge in [-0.1, -0.05) is 13.8 Å². The number of carbonyl (C=O) groups excluding carboxylic acids is 1. The van der Waals surface area contributed by atoms with Gasteiger partial charge in [0.1, 0.15) is 0 Å². The predicted octanol–water partition coefficient (Wildman–Crippen LogP) is 0.888.